The fraction of sp³-hybridized carbons (Fsp3) is 0.571. The molecule has 0 saturated heterocycles. The van der Waals surface area contributed by atoms with Gasteiger partial charge in [-0.3, -0.25) is 0 Å². The molecular formula is C7H10IN3. The van der Waals surface area contributed by atoms with Gasteiger partial charge in [0.05, 0.1) is 0 Å². The van der Waals surface area contributed by atoms with Crippen LogP contribution >= 0.6 is 22.6 Å². The van der Waals surface area contributed by atoms with Crippen molar-refractivity contribution in [3.05, 3.63) is 15.7 Å². The van der Waals surface area contributed by atoms with Crippen molar-refractivity contribution in [2.24, 2.45) is 0 Å². The lowest BCUT2D eigenvalue weighted by Crippen LogP contribution is -2.17. The molecule has 2 rings (SSSR count). The van der Waals surface area contributed by atoms with Gasteiger partial charge >= 0.3 is 0 Å². The second-order valence-corrected chi connectivity index (χ2v) is 3.64. The highest BCUT2D eigenvalue weighted by molar-refractivity contribution is 14.1. The molecule has 1 N–H and O–H groups in total. The molecule has 0 radical (unpaired) electrons. The largest absolute Gasteiger partial charge is 0.322 e. The lowest BCUT2D eigenvalue weighted by atomic mass is 10.3. The average Bonchev–Trinajstić information content (AvgIpc) is 2.25. The van der Waals surface area contributed by atoms with Crippen LogP contribution in [0.25, 0.3) is 0 Å². The van der Waals surface area contributed by atoms with E-state index in [1.165, 1.54) is 5.69 Å². The molecule has 0 aromatic carbocycles. The van der Waals surface area contributed by atoms with Gasteiger partial charge in [0.25, 0.3) is 0 Å². The molecule has 0 atom stereocenters. The molecule has 0 spiro atoms. The molecular weight excluding hydrogens is 253 g/mol. The molecule has 1 aliphatic rings. The SMILES string of the molecule is Ic1ncc2n1CCNCC2. The summed E-state index contributed by atoms with van der Waals surface area (Å²) in [4.78, 5) is 4.26. The number of hydrogen-bond acceptors (Lipinski definition) is 2. The number of rotatable bonds is 0. The Labute approximate surface area is 79.3 Å². The van der Waals surface area contributed by atoms with Crippen molar-refractivity contribution in [2.45, 2.75) is 13.0 Å². The zero-order valence-corrected chi connectivity index (χ0v) is 8.34. The molecule has 0 bridgehead atoms. The maximum atomic E-state index is 4.26. The van der Waals surface area contributed by atoms with Crippen LogP contribution in [0.1, 0.15) is 5.69 Å². The van der Waals surface area contributed by atoms with E-state index >= 15 is 0 Å². The monoisotopic (exact) mass is 263 g/mol. The lowest BCUT2D eigenvalue weighted by Gasteiger charge is -2.02. The summed E-state index contributed by atoms with van der Waals surface area (Å²) in [7, 11) is 0. The second-order valence-electron chi connectivity index (χ2n) is 2.67. The predicted octanol–water partition coefficient (Wildman–Crippen LogP) is 0.633. The summed E-state index contributed by atoms with van der Waals surface area (Å²) in [6.07, 6.45) is 3.09. The fourth-order valence-electron chi connectivity index (χ4n) is 1.35. The number of fused-ring (bicyclic) bond motifs is 1. The Morgan fingerprint density at radius 2 is 2.45 bits per heavy atom. The van der Waals surface area contributed by atoms with E-state index in [0.29, 0.717) is 0 Å². The molecule has 2 heterocycles. The maximum Gasteiger partial charge on any atom is 0.171 e. The number of halogens is 1. The number of nitrogens with one attached hydrogen (secondary N) is 1. The first kappa shape index (κ1) is 7.54. The van der Waals surface area contributed by atoms with Crippen molar-refractivity contribution in [3.8, 4) is 0 Å². The Morgan fingerprint density at radius 3 is 3.36 bits per heavy atom. The van der Waals surface area contributed by atoms with Crippen LogP contribution in [0.5, 0.6) is 0 Å². The van der Waals surface area contributed by atoms with E-state index in [2.05, 4.69) is 37.5 Å². The van der Waals surface area contributed by atoms with Gasteiger partial charge in [-0.05, 0) is 22.6 Å². The van der Waals surface area contributed by atoms with E-state index < -0.39 is 0 Å². The van der Waals surface area contributed by atoms with E-state index in [9.17, 15) is 0 Å². The first-order chi connectivity index (χ1) is 5.38. The van der Waals surface area contributed by atoms with Crippen LogP contribution in [0.4, 0.5) is 0 Å². The molecule has 1 aliphatic heterocycles. The highest BCUT2D eigenvalue weighted by Gasteiger charge is 2.09. The number of aromatic nitrogens is 2. The van der Waals surface area contributed by atoms with Crippen LogP contribution in [0.15, 0.2) is 6.20 Å². The minimum Gasteiger partial charge on any atom is -0.322 e. The molecule has 0 saturated carbocycles. The van der Waals surface area contributed by atoms with Crippen LogP contribution in [-0.2, 0) is 13.0 Å². The molecule has 0 aliphatic carbocycles. The quantitative estimate of drug-likeness (QED) is 0.696. The summed E-state index contributed by atoms with van der Waals surface area (Å²) < 4.78 is 3.39. The molecule has 3 nitrogen and oxygen atoms in total. The molecule has 4 heteroatoms. The summed E-state index contributed by atoms with van der Waals surface area (Å²) in [5.74, 6) is 0. The van der Waals surface area contributed by atoms with E-state index in [4.69, 9.17) is 0 Å². The Kier molecular flexibility index (Phi) is 2.13. The van der Waals surface area contributed by atoms with Gasteiger partial charge < -0.3 is 9.88 Å². The molecule has 1 aromatic rings. The number of nitrogens with zero attached hydrogens (tertiary/aromatic N) is 2. The van der Waals surface area contributed by atoms with Gasteiger partial charge in [-0.1, -0.05) is 0 Å². The van der Waals surface area contributed by atoms with Gasteiger partial charge in [0.2, 0.25) is 0 Å². The Hall–Kier alpha value is -0.100. The zero-order chi connectivity index (χ0) is 7.68. The maximum absolute atomic E-state index is 4.26. The van der Waals surface area contributed by atoms with Gasteiger partial charge in [0.1, 0.15) is 0 Å². The minimum atomic E-state index is 1.06. The summed E-state index contributed by atoms with van der Waals surface area (Å²) in [5, 5.41) is 3.36. The summed E-state index contributed by atoms with van der Waals surface area (Å²) in [6.45, 7) is 3.22. The first-order valence-electron chi connectivity index (χ1n) is 3.78. The van der Waals surface area contributed by atoms with Crippen molar-refractivity contribution in [1.82, 2.24) is 14.9 Å². The van der Waals surface area contributed by atoms with Crippen LogP contribution in [0, 0.1) is 3.83 Å². The van der Waals surface area contributed by atoms with Gasteiger partial charge in [0, 0.05) is 37.9 Å². The van der Waals surface area contributed by atoms with Crippen LogP contribution in [-0.4, -0.2) is 22.6 Å². The van der Waals surface area contributed by atoms with E-state index in [1.807, 2.05) is 6.20 Å². The summed E-state index contributed by atoms with van der Waals surface area (Å²) in [6, 6.07) is 0. The molecule has 11 heavy (non-hydrogen) atoms. The highest BCUT2D eigenvalue weighted by atomic mass is 127. The molecule has 0 amide bonds. The van der Waals surface area contributed by atoms with E-state index in [0.717, 1.165) is 29.9 Å². The first-order valence-corrected chi connectivity index (χ1v) is 4.86. The summed E-state index contributed by atoms with van der Waals surface area (Å²) in [5.41, 5.74) is 1.36. The number of imidazole rings is 1. The van der Waals surface area contributed by atoms with Crippen LogP contribution in [0.3, 0.4) is 0 Å². The average molecular weight is 263 g/mol. The normalized spacial score (nSPS) is 17.5. The van der Waals surface area contributed by atoms with Gasteiger partial charge in [0.15, 0.2) is 3.83 Å². The van der Waals surface area contributed by atoms with Gasteiger partial charge in [-0.2, -0.15) is 0 Å². The van der Waals surface area contributed by atoms with Crippen molar-refractivity contribution >= 4 is 22.6 Å². The van der Waals surface area contributed by atoms with Gasteiger partial charge in [-0.15, -0.1) is 0 Å². The highest BCUT2D eigenvalue weighted by Crippen LogP contribution is 2.09. The molecule has 1 aromatic heterocycles. The number of hydrogen-bond donors (Lipinski definition) is 1. The smallest absolute Gasteiger partial charge is 0.171 e. The van der Waals surface area contributed by atoms with Crippen molar-refractivity contribution < 1.29 is 0 Å². The van der Waals surface area contributed by atoms with Gasteiger partial charge in [-0.25, -0.2) is 4.98 Å². The summed E-state index contributed by atoms with van der Waals surface area (Å²) >= 11 is 2.28. The topological polar surface area (TPSA) is 29.9 Å². The predicted molar refractivity (Wildman–Crippen MR) is 51.5 cm³/mol. The zero-order valence-electron chi connectivity index (χ0n) is 6.18. The minimum absolute atomic E-state index is 1.06. The third-order valence-corrected chi connectivity index (χ3v) is 2.82. The van der Waals surface area contributed by atoms with Crippen molar-refractivity contribution in [1.29, 1.82) is 0 Å². The lowest BCUT2D eigenvalue weighted by molar-refractivity contribution is 0.633. The van der Waals surface area contributed by atoms with Crippen molar-refractivity contribution in [2.75, 3.05) is 13.1 Å². The molecule has 0 unspecified atom stereocenters. The Morgan fingerprint density at radius 1 is 1.55 bits per heavy atom. The molecule has 0 fully saturated rings. The fourth-order valence-corrected chi connectivity index (χ4v) is 2.04. The van der Waals surface area contributed by atoms with Crippen LogP contribution < -0.4 is 5.32 Å². The third-order valence-electron chi connectivity index (χ3n) is 1.96. The van der Waals surface area contributed by atoms with Crippen LogP contribution in [0.2, 0.25) is 0 Å². The standard InChI is InChI=1S/C7H10IN3/c8-7-10-5-6-1-2-9-3-4-11(6)7/h5,9H,1-4H2. The molecule has 60 valence electrons. The van der Waals surface area contributed by atoms with Crippen molar-refractivity contribution in [3.63, 3.8) is 0 Å². The Balaban J connectivity index is 2.35. The third kappa shape index (κ3) is 1.41. The Bertz CT molecular complexity index is 256. The second kappa shape index (κ2) is 3.10. The van der Waals surface area contributed by atoms with E-state index in [1.54, 1.807) is 0 Å². The van der Waals surface area contributed by atoms with E-state index in [-0.39, 0.29) is 0 Å².